The molecule has 1 fully saturated rings. The van der Waals surface area contributed by atoms with Gasteiger partial charge in [0.05, 0.1) is 18.9 Å². The van der Waals surface area contributed by atoms with Crippen LogP contribution < -0.4 is 0 Å². The molecule has 0 N–H and O–H groups in total. The van der Waals surface area contributed by atoms with Gasteiger partial charge in [0.1, 0.15) is 6.54 Å². The number of hydrogen-bond acceptors (Lipinski definition) is 3. The van der Waals surface area contributed by atoms with E-state index in [0.717, 1.165) is 25.7 Å². The maximum absolute atomic E-state index is 12.7. The molecule has 0 bridgehead atoms. The Hall–Kier alpha value is -2.19. The summed E-state index contributed by atoms with van der Waals surface area (Å²) < 4.78 is 8.47. The van der Waals surface area contributed by atoms with Crippen molar-refractivity contribution in [1.82, 2.24) is 9.47 Å². The van der Waals surface area contributed by atoms with Gasteiger partial charge in [-0.3, -0.25) is 9.79 Å². The van der Waals surface area contributed by atoms with Gasteiger partial charge >= 0.3 is 0 Å². The molecule has 2 heterocycles. The minimum Gasteiger partial charge on any atom is -0.378 e. The van der Waals surface area contributed by atoms with Crippen LogP contribution in [-0.2, 0) is 16.1 Å². The Morgan fingerprint density at radius 3 is 2.67 bits per heavy atom. The molecule has 3 aromatic rings. The van der Waals surface area contributed by atoms with E-state index in [1.807, 2.05) is 64.3 Å². The first kappa shape index (κ1) is 18.2. The van der Waals surface area contributed by atoms with Crippen LogP contribution in [0.1, 0.15) is 5.56 Å². The van der Waals surface area contributed by atoms with Crippen LogP contribution in [0, 0.1) is 3.57 Å². The van der Waals surface area contributed by atoms with Gasteiger partial charge in [-0.2, -0.15) is 0 Å². The van der Waals surface area contributed by atoms with E-state index < -0.39 is 0 Å². The number of nitrogens with zero attached hydrogens (tertiary/aromatic N) is 3. The van der Waals surface area contributed by atoms with Crippen LogP contribution in [0.5, 0.6) is 0 Å². The van der Waals surface area contributed by atoms with Crippen LogP contribution in [0.4, 0.5) is 5.69 Å². The number of ether oxygens (including phenoxy) is 1. The fraction of sp³-hybridized carbons (Fsp3) is 0.238. The van der Waals surface area contributed by atoms with Crippen molar-refractivity contribution in [3.63, 3.8) is 0 Å². The number of aliphatic imine (C=N–C) groups is 1. The average Bonchev–Trinajstić information content (AvgIpc) is 3.06. The molecule has 1 aliphatic heterocycles. The molecule has 0 spiro atoms. The first-order chi connectivity index (χ1) is 13.2. The molecule has 1 saturated heterocycles. The van der Waals surface area contributed by atoms with Crippen molar-refractivity contribution in [3.05, 3.63) is 63.9 Å². The van der Waals surface area contributed by atoms with Gasteiger partial charge in [0.25, 0.3) is 0 Å². The van der Waals surface area contributed by atoms with Gasteiger partial charge in [-0.15, -0.1) is 0 Å². The molecule has 0 radical (unpaired) electrons. The third-order valence-electron chi connectivity index (χ3n) is 4.68. The van der Waals surface area contributed by atoms with Crippen LogP contribution in [-0.4, -0.2) is 47.9 Å². The molecule has 138 valence electrons. The Labute approximate surface area is 171 Å². The summed E-state index contributed by atoms with van der Waals surface area (Å²) in [6.45, 7) is 2.90. The molecule has 1 aromatic heterocycles. The largest absolute Gasteiger partial charge is 0.378 e. The zero-order chi connectivity index (χ0) is 18.6. The molecular weight excluding hydrogens is 453 g/mol. The smallest absolute Gasteiger partial charge is 0.242 e. The summed E-state index contributed by atoms with van der Waals surface area (Å²) in [5.74, 6) is 0.125. The summed E-state index contributed by atoms with van der Waals surface area (Å²) in [4.78, 5) is 19.2. The number of carbonyl (C=O) groups excluding carboxylic acids is 1. The molecular formula is C21H20IN3O2. The summed E-state index contributed by atoms with van der Waals surface area (Å²) in [5, 5.41) is 1.10. The minimum absolute atomic E-state index is 0.125. The van der Waals surface area contributed by atoms with Gasteiger partial charge in [0.15, 0.2) is 0 Å². The van der Waals surface area contributed by atoms with Crippen molar-refractivity contribution in [2.75, 3.05) is 26.3 Å². The highest BCUT2D eigenvalue weighted by Crippen LogP contribution is 2.23. The second kappa shape index (κ2) is 8.22. The van der Waals surface area contributed by atoms with Gasteiger partial charge in [-0.1, -0.05) is 30.3 Å². The summed E-state index contributed by atoms with van der Waals surface area (Å²) >= 11 is 2.29. The SMILES string of the molecule is O=C(Cn1cc(C=Nc2ccccc2I)c2ccccc21)N1CCOCC1. The lowest BCUT2D eigenvalue weighted by Gasteiger charge is -2.27. The van der Waals surface area contributed by atoms with Gasteiger partial charge < -0.3 is 14.2 Å². The van der Waals surface area contributed by atoms with Gasteiger partial charge in [-0.05, 0) is 40.8 Å². The van der Waals surface area contributed by atoms with E-state index in [-0.39, 0.29) is 5.91 Å². The Morgan fingerprint density at radius 1 is 1.11 bits per heavy atom. The Kier molecular flexibility index (Phi) is 5.54. The number of aromatic nitrogens is 1. The molecule has 0 unspecified atom stereocenters. The van der Waals surface area contributed by atoms with Crippen molar-refractivity contribution >= 4 is 51.3 Å². The zero-order valence-electron chi connectivity index (χ0n) is 14.8. The highest BCUT2D eigenvalue weighted by Gasteiger charge is 2.18. The van der Waals surface area contributed by atoms with E-state index in [4.69, 9.17) is 4.74 Å². The number of hydrogen-bond donors (Lipinski definition) is 0. The van der Waals surface area contributed by atoms with Gasteiger partial charge in [0, 0.05) is 45.5 Å². The third-order valence-corrected chi connectivity index (χ3v) is 5.60. The first-order valence-electron chi connectivity index (χ1n) is 8.94. The maximum atomic E-state index is 12.7. The van der Waals surface area contributed by atoms with Crippen LogP contribution >= 0.6 is 22.6 Å². The van der Waals surface area contributed by atoms with Crippen molar-refractivity contribution in [3.8, 4) is 0 Å². The number of para-hydroxylation sites is 2. The van der Waals surface area contributed by atoms with Crippen LogP contribution in [0.3, 0.4) is 0 Å². The molecule has 5 nitrogen and oxygen atoms in total. The van der Waals surface area contributed by atoms with Gasteiger partial charge in [0.2, 0.25) is 5.91 Å². The quantitative estimate of drug-likeness (QED) is 0.427. The topological polar surface area (TPSA) is 46.8 Å². The molecule has 4 rings (SSSR count). The summed E-state index contributed by atoms with van der Waals surface area (Å²) in [7, 11) is 0. The fourth-order valence-electron chi connectivity index (χ4n) is 3.26. The summed E-state index contributed by atoms with van der Waals surface area (Å²) in [6, 6.07) is 16.2. The van der Waals surface area contributed by atoms with E-state index in [0.29, 0.717) is 32.8 Å². The third kappa shape index (κ3) is 4.06. The second-order valence-corrected chi connectivity index (χ2v) is 7.59. The molecule has 0 atom stereocenters. The molecule has 27 heavy (non-hydrogen) atoms. The van der Waals surface area contributed by atoms with Crippen LogP contribution in [0.25, 0.3) is 10.9 Å². The van der Waals surface area contributed by atoms with E-state index in [1.165, 1.54) is 0 Å². The predicted molar refractivity (Wildman–Crippen MR) is 116 cm³/mol. The number of fused-ring (bicyclic) bond motifs is 1. The lowest BCUT2D eigenvalue weighted by Crippen LogP contribution is -2.42. The molecule has 2 aromatic carbocycles. The maximum Gasteiger partial charge on any atom is 0.242 e. The normalized spacial score (nSPS) is 14.9. The summed E-state index contributed by atoms with van der Waals surface area (Å²) in [5.41, 5.74) is 3.00. The molecule has 0 saturated carbocycles. The monoisotopic (exact) mass is 473 g/mol. The number of morpholine rings is 1. The van der Waals surface area contributed by atoms with E-state index in [9.17, 15) is 4.79 Å². The Balaban J connectivity index is 1.63. The fourth-order valence-corrected chi connectivity index (χ4v) is 3.79. The van der Waals surface area contributed by atoms with Crippen LogP contribution in [0.15, 0.2) is 59.7 Å². The lowest BCUT2D eigenvalue weighted by atomic mass is 10.2. The number of rotatable bonds is 4. The number of halogens is 1. The first-order valence-corrected chi connectivity index (χ1v) is 10.0. The van der Waals surface area contributed by atoms with E-state index >= 15 is 0 Å². The van der Waals surface area contributed by atoms with Crippen LogP contribution in [0.2, 0.25) is 0 Å². The standard InChI is InChI=1S/C21H20IN3O2/c22-18-6-2-3-7-19(18)23-13-16-14-25(20-8-4-1-5-17(16)20)15-21(26)24-9-11-27-12-10-24/h1-8,13-14H,9-12,15H2. The molecule has 6 heteroatoms. The highest BCUT2D eigenvalue weighted by atomic mass is 127. The summed E-state index contributed by atoms with van der Waals surface area (Å²) in [6.07, 6.45) is 3.90. The van der Waals surface area contributed by atoms with E-state index in [2.05, 4.69) is 33.6 Å². The lowest BCUT2D eigenvalue weighted by molar-refractivity contribution is -0.135. The number of carbonyl (C=O) groups is 1. The van der Waals surface area contributed by atoms with Crippen molar-refractivity contribution in [2.45, 2.75) is 6.54 Å². The molecule has 1 amide bonds. The number of amides is 1. The average molecular weight is 473 g/mol. The number of benzene rings is 2. The Morgan fingerprint density at radius 2 is 1.85 bits per heavy atom. The predicted octanol–water partition coefficient (Wildman–Crippen LogP) is 3.86. The van der Waals surface area contributed by atoms with Crippen molar-refractivity contribution in [2.24, 2.45) is 4.99 Å². The second-order valence-electron chi connectivity index (χ2n) is 6.43. The minimum atomic E-state index is 0.125. The zero-order valence-corrected chi connectivity index (χ0v) is 17.0. The van der Waals surface area contributed by atoms with Gasteiger partial charge in [-0.25, -0.2) is 0 Å². The van der Waals surface area contributed by atoms with E-state index in [1.54, 1.807) is 0 Å². The van der Waals surface area contributed by atoms with Crippen molar-refractivity contribution < 1.29 is 9.53 Å². The molecule has 0 aliphatic carbocycles. The highest BCUT2D eigenvalue weighted by molar-refractivity contribution is 14.1. The molecule has 1 aliphatic rings. The van der Waals surface area contributed by atoms with Crippen molar-refractivity contribution in [1.29, 1.82) is 0 Å². The Bertz CT molecular complexity index is 990.